The fourth-order valence-electron chi connectivity index (χ4n) is 0.331. The van der Waals surface area contributed by atoms with Crippen molar-refractivity contribution in [3.8, 4) is 0 Å². The number of hydrogen-bond acceptors (Lipinski definition) is 2. The van der Waals surface area contributed by atoms with E-state index in [0.717, 1.165) is 0 Å². The van der Waals surface area contributed by atoms with Crippen molar-refractivity contribution in [1.82, 2.24) is 5.32 Å². The lowest BCUT2D eigenvalue weighted by Gasteiger charge is -2.03. The molecule has 3 N–H and O–H groups in total. The predicted octanol–water partition coefficient (Wildman–Crippen LogP) is -0.581. The lowest BCUT2D eigenvalue weighted by atomic mass is 10.3. The van der Waals surface area contributed by atoms with Crippen LogP contribution in [-0.2, 0) is 4.79 Å². The van der Waals surface area contributed by atoms with Crippen LogP contribution < -0.4 is 11.1 Å². The van der Waals surface area contributed by atoms with Crippen LogP contribution in [-0.4, -0.2) is 25.2 Å². The molecule has 0 rings (SSSR count). The maximum atomic E-state index is 11.4. The van der Waals surface area contributed by atoms with Gasteiger partial charge in [0.05, 0.1) is 6.04 Å². The predicted molar refractivity (Wildman–Crippen MR) is 32.6 cm³/mol. The van der Waals surface area contributed by atoms with Crippen LogP contribution in [0, 0.1) is 0 Å². The zero-order valence-corrected chi connectivity index (χ0v) is 5.36. The first-order valence-corrected chi connectivity index (χ1v) is 2.77. The van der Waals surface area contributed by atoms with E-state index >= 15 is 0 Å². The molecule has 4 heteroatoms. The zero-order valence-electron chi connectivity index (χ0n) is 5.36. The van der Waals surface area contributed by atoms with Crippen LogP contribution in [0.25, 0.3) is 0 Å². The van der Waals surface area contributed by atoms with Gasteiger partial charge in [0.2, 0.25) is 5.91 Å². The summed E-state index contributed by atoms with van der Waals surface area (Å²) >= 11 is 0. The molecule has 0 aliphatic heterocycles. The Morgan fingerprint density at radius 2 is 2.44 bits per heavy atom. The molecule has 3 nitrogen and oxygen atoms in total. The third-order valence-corrected chi connectivity index (χ3v) is 0.807. The van der Waals surface area contributed by atoms with Gasteiger partial charge in [0.15, 0.2) is 0 Å². The average Bonchev–Trinajstić information content (AvgIpc) is 1.82. The Bertz CT molecular complexity index is 95.0. The van der Waals surface area contributed by atoms with Crippen molar-refractivity contribution >= 4 is 5.91 Å². The van der Waals surface area contributed by atoms with Gasteiger partial charge in [-0.2, -0.15) is 0 Å². The number of nitrogens with one attached hydrogen (secondary N) is 1. The molecule has 0 aromatic heterocycles. The molecular formula is C5H11FN2O. The fourth-order valence-corrected chi connectivity index (χ4v) is 0.331. The highest BCUT2D eigenvalue weighted by Gasteiger charge is 2.03. The molecule has 0 aliphatic carbocycles. The molecule has 0 heterocycles. The quantitative estimate of drug-likeness (QED) is 0.542. The standard InChI is InChI=1S/C5H11FN2O/c1-4(7)5(9)8-3-2-6/h4H,2-3,7H2,1H3,(H,8,9)/t4-/m1/s1. The third kappa shape index (κ3) is 3.90. The smallest absolute Gasteiger partial charge is 0.236 e. The summed E-state index contributed by atoms with van der Waals surface area (Å²) in [6.45, 7) is 1.06. The molecule has 0 saturated carbocycles. The summed E-state index contributed by atoms with van der Waals surface area (Å²) in [5.74, 6) is -0.312. The van der Waals surface area contributed by atoms with Gasteiger partial charge in [0, 0.05) is 6.54 Å². The highest BCUT2D eigenvalue weighted by atomic mass is 19.1. The van der Waals surface area contributed by atoms with Crippen molar-refractivity contribution in [1.29, 1.82) is 0 Å². The highest BCUT2D eigenvalue weighted by Crippen LogP contribution is 1.73. The number of carbonyl (C=O) groups excluding carboxylic acids is 1. The van der Waals surface area contributed by atoms with Crippen molar-refractivity contribution in [2.75, 3.05) is 13.2 Å². The van der Waals surface area contributed by atoms with Crippen LogP contribution in [0.1, 0.15) is 6.92 Å². The molecule has 0 aromatic carbocycles. The van der Waals surface area contributed by atoms with Gasteiger partial charge in [0.1, 0.15) is 6.67 Å². The molecule has 54 valence electrons. The molecule has 1 atom stereocenters. The van der Waals surface area contributed by atoms with Crippen LogP contribution in [0.15, 0.2) is 0 Å². The molecule has 0 aromatic rings. The third-order valence-electron chi connectivity index (χ3n) is 0.807. The van der Waals surface area contributed by atoms with Gasteiger partial charge in [-0.15, -0.1) is 0 Å². The van der Waals surface area contributed by atoms with E-state index in [1.54, 1.807) is 6.92 Å². The van der Waals surface area contributed by atoms with Crippen molar-refractivity contribution in [3.63, 3.8) is 0 Å². The summed E-state index contributed by atoms with van der Waals surface area (Å²) < 4.78 is 11.4. The number of rotatable bonds is 3. The first-order valence-electron chi connectivity index (χ1n) is 2.77. The number of halogens is 1. The van der Waals surface area contributed by atoms with Gasteiger partial charge >= 0.3 is 0 Å². The fraction of sp³-hybridized carbons (Fsp3) is 0.800. The van der Waals surface area contributed by atoms with Crippen LogP contribution in [0.3, 0.4) is 0 Å². The van der Waals surface area contributed by atoms with E-state index in [9.17, 15) is 9.18 Å². The second kappa shape index (κ2) is 4.26. The van der Waals surface area contributed by atoms with Gasteiger partial charge in [-0.3, -0.25) is 4.79 Å². The molecule has 0 spiro atoms. The number of nitrogens with two attached hydrogens (primary N) is 1. The first kappa shape index (κ1) is 8.36. The van der Waals surface area contributed by atoms with Crippen molar-refractivity contribution < 1.29 is 9.18 Å². The molecule has 0 bridgehead atoms. The minimum Gasteiger partial charge on any atom is -0.352 e. The second-order valence-electron chi connectivity index (χ2n) is 1.77. The van der Waals surface area contributed by atoms with Crippen LogP contribution >= 0.6 is 0 Å². The summed E-state index contributed by atoms with van der Waals surface area (Å²) in [7, 11) is 0. The van der Waals surface area contributed by atoms with Gasteiger partial charge in [-0.1, -0.05) is 0 Å². The monoisotopic (exact) mass is 134 g/mol. The van der Waals surface area contributed by atoms with E-state index in [0.29, 0.717) is 0 Å². The van der Waals surface area contributed by atoms with Crippen LogP contribution in [0.5, 0.6) is 0 Å². The minimum absolute atomic E-state index is 0.0559. The molecular weight excluding hydrogens is 123 g/mol. The Kier molecular flexibility index (Phi) is 3.96. The number of amides is 1. The molecule has 0 unspecified atom stereocenters. The van der Waals surface area contributed by atoms with Gasteiger partial charge in [0.25, 0.3) is 0 Å². The first-order chi connectivity index (χ1) is 4.18. The molecule has 9 heavy (non-hydrogen) atoms. The Hall–Kier alpha value is -0.640. The Morgan fingerprint density at radius 3 is 2.78 bits per heavy atom. The van der Waals surface area contributed by atoms with E-state index in [-0.39, 0.29) is 12.5 Å². The summed E-state index contributed by atoms with van der Waals surface area (Å²) in [5.41, 5.74) is 5.14. The maximum Gasteiger partial charge on any atom is 0.236 e. The van der Waals surface area contributed by atoms with E-state index in [2.05, 4.69) is 5.32 Å². The molecule has 0 radical (unpaired) electrons. The number of hydrogen-bond donors (Lipinski definition) is 2. The SMILES string of the molecule is C[C@@H](N)C(=O)NCCF. The lowest BCUT2D eigenvalue weighted by Crippen LogP contribution is -2.39. The summed E-state index contributed by atoms with van der Waals surface area (Å²) in [6, 6.07) is -0.545. The van der Waals surface area contributed by atoms with E-state index < -0.39 is 12.7 Å². The van der Waals surface area contributed by atoms with Gasteiger partial charge < -0.3 is 11.1 Å². The molecule has 0 fully saturated rings. The summed E-state index contributed by atoms with van der Waals surface area (Å²) in [4.78, 5) is 10.5. The molecule has 1 amide bonds. The molecule has 0 aliphatic rings. The lowest BCUT2D eigenvalue weighted by molar-refractivity contribution is -0.122. The van der Waals surface area contributed by atoms with E-state index in [4.69, 9.17) is 5.73 Å². The largest absolute Gasteiger partial charge is 0.352 e. The number of carbonyl (C=O) groups is 1. The normalized spacial score (nSPS) is 12.8. The highest BCUT2D eigenvalue weighted by molar-refractivity contribution is 5.80. The summed E-state index contributed by atoms with van der Waals surface area (Å²) in [6.07, 6.45) is 0. The zero-order chi connectivity index (χ0) is 7.28. The van der Waals surface area contributed by atoms with E-state index in [1.165, 1.54) is 0 Å². The van der Waals surface area contributed by atoms with Crippen LogP contribution in [0.4, 0.5) is 4.39 Å². The van der Waals surface area contributed by atoms with Gasteiger partial charge in [-0.05, 0) is 6.92 Å². The Labute approximate surface area is 53.4 Å². The van der Waals surface area contributed by atoms with Gasteiger partial charge in [-0.25, -0.2) is 4.39 Å². The van der Waals surface area contributed by atoms with Crippen molar-refractivity contribution in [3.05, 3.63) is 0 Å². The van der Waals surface area contributed by atoms with Crippen molar-refractivity contribution in [2.45, 2.75) is 13.0 Å². The summed E-state index contributed by atoms with van der Waals surface area (Å²) in [5, 5.41) is 2.29. The minimum atomic E-state index is -0.545. The average molecular weight is 134 g/mol. The molecule has 0 saturated heterocycles. The Morgan fingerprint density at radius 1 is 1.89 bits per heavy atom. The van der Waals surface area contributed by atoms with E-state index in [1.807, 2.05) is 0 Å². The van der Waals surface area contributed by atoms with Crippen LogP contribution in [0.2, 0.25) is 0 Å². The topological polar surface area (TPSA) is 55.1 Å². The van der Waals surface area contributed by atoms with Crippen molar-refractivity contribution in [2.24, 2.45) is 5.73 Å². The Balaban J connectivity index is 3.28. The maximum absolute atomic E-state index is 11.4. The second-order valence-corrected chi connectivity index (χ2v) is 1.77. The number of alkyl halides is 1.